The molecule has 2 N–H and O–H groups in total. The Kier molecular flexibility index (Phi) is 12.9. The van der Waals surface area contributed by atoms with Gasteiger partial charge in [0.15, 0.2) is 0 Å². The minimum Gasteiger partial charge on any atom is -0.508 e. The van der Waals surface area contributed by atoms with E-state index in [1.165, 1.54) is 19.2 Å². The molecule has 0 radical (unpaired) electrons. The van der Waals surface area contributed by atoms with Crippen LogP contribution in [0, 0.1) is 23.7 Å². The number of fused-ring (bicyclic) bond motifs is 3. The van der Waals surface area contributed by atoms with Crippen molar-refractivity contribution in [3.63, 3.8) is 0 Å². The van der Waals surface area contributed by atoms with Gasteiger partial charge in [0.2, 0.25) is 17.8 Å². The van der Waals surface area contributed by atoms with Crippen LogP contribution in [0.2, 0.25) is 0 Å². The monoisotopic (exact) mass is 953 g/mol. The summed E-state index contributed by atoms with van der Waals surface area (Å²) in [6.45, 7) is 4.62. The fraction of sp³-hybridized carbons (Fsp3) is 0.339. The second kappa shape index (κ2) is 19.5. The number of morpholine rings is 1. The van der Waals surface area contributed by atoms with Crippen molar-refractivity contribution in [2.45, 2.75) is 75.2 Å². The highest BCUT2D eigenvalue weighted by molar-refractivity contribution is 6.25. The maximum atomic E-state index is 16.7. The molecule has 1 aliphatic carbocycles. The number of aromatic hydroxyl groups is 1. The predicted molar refractivity (Wildman–Crippen MR) is 263 cm³/mol. The fourth-order valence-corrected chi connectivity index (χ4v) is 11.3. The number of allylic oxidation sites excluding steroid dienone is 2. The summed E-state index contributed by atoms with van der Waals surface area (Å²) in [5, 5.41) is 13.6. The Morgan fingerprint density at radius 1 is 0.817 bits per heavy atom. The van der Waals surface area contributed by atoms with Crippen LogP contribution in [-0.4, -0.2) is 100 Å². The quantitative estimate of drug-likeness (QED) is 0.121. The molecule has 1 spiro atoms. The van der Waals surface area contributed by atoms with E-state index < -0.39 is 77.3 Å². The lowest BCUT2D eigenvalue weighted by molar-refractivity contribution is -0.179. The van der Waals surface area contributed by atoms with Crippen LogP contribution in [0.3, 0.4) is 0 Å². The van der Waals surface area contributed by atoms with Gasteiger partial charge in [-0.3, -0.25) is 19.3 Å². The SMILES string of the molecule is COC(=O)[C@@H](NC(=O)N1C(=O)[C@@]2(c3cc(C#CC4=CCCCC4)ccc31)[C@H](c1ccc(O)cc1)N1[C@H](c3ccccc3)[C@H](c3ccccc3)OC(=O)[C@H]1[C@@H]2C(=O)N1CCN(c2ncccn2)CC1)C(C)C. The lowest BCUT2D eigenvalue weighted by Gasteiger charge is -2.46. The number of cyclic esters (lactones) is 1. The third-order valence-electron chi connectivity index (χ3n) is 14.6. The number of carbonyl (C=O) groups excluding carboxylic acids is 5. The molecule has 15 heteroatoms. The second-order valence-corrected chi connectivity index (χ2v) is 19.0. The molecular weight excluding hydrogens is 899 g/mol. The largest absolute Gasteiger partial charge is 0.508 e. The van der Waals surface area contributed by atoms with Gasteiger partial charge in [0.1, 0.15) is 29.4 Å². The van der Waals surface area contributed by atoms with E-state index in [-0.39, 0.29) is 24.5 Å². The molecule has 4 amide bonds. The van der Waals surface area contributed by atoms with E-state index in [4.69, 9.17) is 9.47 Å². The van der Waals surface area contributed by atoms with E-state index in [1.54, 1.807) is 67.5 Å². The molecular formula is C56H55N7O8. The number of nitrogens with one attached hydrogen (secondary N) is 1. The first-order valence-corrected chi connectivity index (χ1v) is 24.3. The number of phenols is 1. The van der Waals surface area contributed by atoms with Crippen LogP contribution >= 0.6 is 0 Å². The first-order chi connectivity index (χ1) is 34.5. The van der Waals surface area contributed by atoms with Gasteiger partial charge in [-0.25, -0.2) is 24.5 Å². The van der Waals surface area contributed by atoms with Crippen LogP contribution < -0.4 is 15.1 Å². The van der Waals surface area contributed by atoms with E-state index in [9.17, 15) is 9.90 Å². The third-order valence-corrected chi connectivity index (χ3v) is 14.6. The number of phenolic OH excluding ortho intramolecular Hbond substituents is 1. The number of piperazine rings is 1. The van der Waals surface area contributed by atoms with E-state index >= 15 is 19.2 Å². The van der Waals surface area contributed by atoms with Crippen molar-refractivity contribution >= 4 is 41.4 Å². The Balaban J connectivity index is 1.24. The number of aromatic nitrogens is 2. The Hall–Kier alpha value is -7.83. The number of amides is 4. The third kappa shape index (κ3) is 8.35. The minimum atomic E-state index is -2.05. The number of ether oxygens (including phenoxy) is 2. The molecule has 5 heterocycles. The molecule has 3 fully saturated rings. The van der Waals surface area contributed by atoms with Crippen LogP contribution in [0.25, 0.3) is 0 Å². The highest BCUT2D eigenvalue weighted by Gasteiger charge is 2.76. The van der Waals surface area contributed by atoms with Crippen molar-refractivity contribution < 1.29 is 38.6 Å². The number of carbonyl (C=O) groups is 5. The molecule has 4 aliphatic heterocycles. The molecule has 5 aromatic rings. The van der Waals surface area contributed by atoms with Crippen LogP contribution in [0.1, 0.15) is 85.5 Å². The van der Waals surface area contributed by atoms with E-state index in [0.29, 0.717) is 41.3 Å². The number of hydrogen-bond donors (Lipinski definition) is 2. The summed E-state index contributed by atoms with van der Waals surface area (Å²) in [6.07, 6.45) is 8.38. The maximum Gasteiger partial charge on any atom is 0.329 e. The first kappa shape index (κ1) is 46.9. The Morgan fingerprint density at radius 3 is 2.15 bits per heavy atom. The summed E-state index contributed by atoms with van der Waals surface area (Å²) >= 11 is 0. The number of rotatable bonds is 8. The Labute approximate surface area is 412 Å². The van der Waals surface area contributed by atoms with Gasteiger partial charge in [0, 0.05) is 44.1 Å². The number of esters is 2. The second-order valence-electron chi connectivity index (χ2n) is 19.0. The van der Waals surface area contributed by atoms with E-state index in [1.807, 2.05) is 70.5 Å². The Bertz CT molecular complexity index is 2930. The van der Waals surface area contributed by atoms with Gasteiger partial charge < -0.3 is 29.7 Å². The number of urea groups is 1. The predicted octanol–water partition coefficient (Wildman–Crippen LogP) is 6.96. The molecule has 10 rings (SSSR count). The first-order valence-electron chi connectivity index (χ1n) is 24.3. The highest BCUT2D eigenvalue weighted by atomic mass is 16.6. The number of anilines is 2. The average molecular weight is 954 g/mol. The van der Waals surface area contributed by atoms with Crippen molar-refractivity contribution in [2.24, 2.45) is 11.8 Å². The molecule has 71 heavy (non-hydrogen) atoms. The number of imide groups is 1. The maximum absolute atomic E-state index is 16.7. The van der Waals surface area contributed by atoms with Crippen molar-refractivity contribution in [3.05, 3.63) is 161 Å². The van der Waals surface area contributed by atoms with Crippen molar-refractivity contribution in [2.75, 3.05) is 43.1 Å². The summed E-state index contributed by atoms with van der Waals surface area (Å²) in [4.78, 5) is 92.5. The molecule has 0 unspecified atom stereocenters. The van der Waals surface area contributed by atoms with Crippen molar-refractivity contribution in [1.82, 2.24) is 25.1 Å². The lowest BCUT2D eigenvalue weighted by Crippen LogP contribution is -2.60. The Morgan fingerprint density at radius 2 is 1.51 bits per heavy atom. The van der Waals surface area contributed by atoms with Gasteiger partial charge in [0.25, 0.3) is 0 Å². The van der Waals surface area contributed by atoms with Gasteiger partial charge in [0.05, 0.1) is 30.8 Å². The summed E-state index contributed by atoms with van der Waals surface area (Å²) in [6, 6.07) is 26.8. The highest BCUT2D eigenvalue weighted by Crippen LogP contribution is 2.66. The molecule has 1 aromatic heterocycles. The topological polar surface area (TPSA) is 175 Å². The number of hydrogen-bond acceptors (Lipinski definition) is 12. The van der Waals surface area contributed by atoms with Crippen LogP contribution in [-0.2, 0) is 34.1 Å². The average Bonchev–Trinajstić information content (AvgIpc) is 3.86. The molecule has 3 saturated heterocycles. The summed E-state index contributed by atoms with van der Waals surface area (Å²) in [7, 11) is 1.23. The zero-order valence-electron chi connectivity index (χ0n) is 39.8. The molecule has 15 nitrogen and oxygen atoms in total. The van der Waals surface area contributed by atoms with Crippen molar-refractivity contribution in [3.8, 4) is 17.6 Å². The molecule has 4 aromatic carbocycles. The minimum absolute atomic E-state index is 0.0404. The summed E-state index contributed by atoms with van der Waals surface area (Å²) in [5.41, 5.74) is 1.89. The van der Waals surface area contributed by atoms with Gasteiger partial charge in [-0.2, -0.15) is 0 Å². The van der Waals surface area contributed by atoms with Crippen molar-refractivity contribution in [1.29, 1.82) is 0 Å². The zero-order valence-corrected chi connectivity index (χ0v) is 39.8. The standard InChI is InChI=1S/C56H55N7O8/c1-35(2)45(51(66)70-3)59-55(69)62-43-27-22-37(21-20-36-14-7-4-8-15-36)34-42(43)56(53(62)68)44(50(65)60-30-32-61(33-31-60)54-57-28-13-29-58-54)47-52(67)71-48(39-18-11-6-12-19-39)46(38-16-9-5-10-17-38)63(47)49(56)40-23-25-41(64)26-24-40/h5-6,9-14,16-19,22-29,34-35,44-49,64H,4,7-8,15,30-33H2,1-3H3,(H,59,69)/t44-,45+,46-,47-,48+,49+,56-/m1/s1. The number of benzene rings is 4. The lowest BCUT2D eigenvalue weighted by atomic mass is 9.64. The number of nitrogens with zero attached hydrogens (tertiary/aromatic N) is 6. The molecule has 362 valence electrons. The van der Waals surface area contributed by atoms with Gasteiger partial charge in [-0.05, 0) is 95.8 Å². The van der Waals surface area contributed by atoms with Gasteiger partial charge in [-0.15, -0.1) is 0 Å². The normalized spacial score (nSPS) is 24.3. The molecule has 0 bridgehead atoms. The van der Waals surface area contributed by atoms with Gasteiger partial charge in [-0.1, -0.05) is 105 Å². The van der Waals surface area contributed by atoms with Gasteiger partial charge >= 0.3 is 18.0 Å². The van der Waals surface area contributed by atoms with E-state index in [2.05, 4.69) is 33.2 Å². The number of methoxy groups -OCH3 is 1. The molecule has 5 aliphatic rings. The fourth-order valence-electron chi connectivity index (χ4n) is 11.3. The molecule has 0 saturated carbocycles. The van der Waals surface area contributed by atoms with Crippen LogP contribution in [0.15, 0.2) is 133 Å². The zero-order chi connectivity index (χ0) is 49.4. The summed E-state index contributed by atoms with van der Waals surface area (Å²) < 4.78 is 11.8. The van der Waals surface area contributed by atoms with E-state index in [0.717, 1.165) is 41.7 Å². The van der Waals surface area contributed by atoms with Crippen LogP contribution in [0.5, 0.6) is 5.75 Å². The molecule has 7 atom stereocenters. The summed E-state index contributed by atoms with van der Waals surface area (Å²) in [5.74, 6) is 2.52. The smallest absolute Gasteiger partial charge is 0.329 e. The van der Waals surface area contributed by atoms with Crippen LogP contribution in [0.4, 0.5) is 16.4 Å².